The largest absolute Gasteiger partial charge is 0.756 e. The number of benzene rings is 1. The predicted octanol–water partition coefficient (Wildman–Crippen LogP) is 3.86. The van der Waals surface area contributed by atoms with Gasteiger partial charge in [0.2, 0.25) is 0 Å². The molecule has 1 rings (SSSR count). The molecule has 0 saturated heterocycles. The molecule has 0 radical (unpaired) electrons. The molecule has 2 atom stereocenters. The first-order valence-corrected chi connectivity index (χ1v) is 13.0. The van der Waals surface area contributed by atoms with Gasteiger partial charge < -0.3 is 33.0 Å². The van der Waals surface area contributed by atoms with Crippen molar-refractivity contribution in [1.29, 1.82) is 0 Å². The number of phosphoric acid groups is 1. The van der Waals surface area contributed by atoms with E-state index in [2.05, 4.69) is 6.92 Å². The maximum absolute atomic E-state index is 12.1. The van der Waals surface area contributed by atoms with Gasteiger partial charge in [-0.25, -0.2) is 0 Å². The lowest BCUT2D eigenvalue weighted by Crippen LogP contribution is -2.43. The molecule has 0 bridgehead atoms. The molecule has 0 aromatic heterocycles. The SMILES string of the molecule is CCCCCCOc1cccc(OCCCCOP(=O)([O-])O[C@H](CC(=O)O)C[N+](C)(C)C)c1. The van der Waals surface area contributed by atoms with Crippen molar-refractivity contribution in [1.82, 2.24) is 0 Å². The highest BCUT2D eigenvalue weighted by Gasteiger charge is 2.26. The van der Waals surface area contributed by atoms with E-state index in [0.29, 0.717) is 36.3 Å². The van der Waals surface area contributed by atoms with Crippen molar-refractivity contribution in [3.8, 4) is 11.5 Å². The summed E-state index contributed by atoms with van der Waals surface area (Å²) in [4.78, 5) is 23.1. The van der Waals surface area contributed by atoms with Crippen LogP contribution in [0.4, 0.5) is 0 Å². The molecule has 0 amide bonds. The molecule has 0 fully saturated rings. The second kappa shape index (κ2) is 15.3. The molecule has 1 aromatic rings. The van der Waals surface area contributed by atoms with Gasteiger partial charge in [0.15, 0.2) is 0 Å². The molecule has 10 heteroatoms. The summed E-state index contributed by atoms with van der Waals surface area (Å²) >= 11 is 0. The molecule has 0 spiro atoms. The van der Waals surface area contributed by atoms with Crippen LogP contribution >= 0.6 is 7.82 Å². The predicted molar refractivity (Wildman–Crippen MR) is 124 cm³/mol. The third-order valence-corrected chi connectivity index (χ3v) is 5.62. The third-order valence-electron chi connectivity index (χ3n) is 4.56. The van der Waals surface area contributed by atoms with E-state index in [1.165, 1.54) is 12.8 Å². The number of ether oxygens (including phenoxy) is 2. The molecule has 1 unspecified atom stereocenters. The average Bonchev–Trinajstić information content (AvgIpc) is 2.68. The van der Waals surface area contributed by atoms with E-state index < -0.39 is 26.3 Å². The Morgan fingerprint density at radius 3 is 2.15 bits per heavy atom. The number of carboxylic acid groups (broad SMARTS) is 1. The van der Waals surface area contributed by atoms with Crippen LogP contribution in [0, 0.1) is 0 Å². The summed E-state index contributed by atoms with van der Waals surface area (Å²) in [5, 5.41) is 8.99. The van der Waals surface area contributed by atoms with Crippen LogP contribution in [0.25, 0.3) is 0 Å². The van der Waals surface area contributed by atoms with Gasteiger partial charge >= 0.3 is 5.97 Å². The fourth-order valence-corrected chi connectivity index (χ4v) is 4.02. The highest BCUT2D eigenvalue weighted by Crippen LogP contribution is 2.40. The summed E-state index contributed by atoms with van der Waals surface area (Å²) in [6, 6.07) is 7.44. The lowest BCUT2D eigenvalue weighted by molar-refractivity contribution is -0.873. The topological polar surface area (TPSA) is 114 Å². The Bertz CT molecular complexity index is 737. The Balaban J connectivity index is 2.31. The van der Waals surface area contributed by atoms with Crippen molar-refractivity contribution in [2.45, 2.75) is 58.0 Å². The van der Waals surface area contributed by atoms with Crippen LogP contribution in [-0.4, -0.2) is 69.2 Å². The Morgan fingerprint density at radius 2 is 1.61 bits per heavy atom. The minimum Gasteiger partial charge on any atom is -0.756 e. The van der Waals surface area contributed by atoms with Gasteiger partial charge in [0, 0.05) is 6.07 Å². The number of quaternary nitrogens is 1. The quantitative estimate of drug-likeness (QED) is 0.177. The van der Waals surface area contributed by atoms with Crippen molar-refractivity contribution in [2.24, 2.45) is 0 Å². The second-order valence-electron chi connectivity index (χ2n) is 9.02. The van der Waals surface area contributed by atoms with E-state index in [9.17, 15) is 14.3 Å². The summed E-state index contributed by atoms with van der Waals surface area (Å²) in [6.07, 6.45) is 4.21. The minimum absolute atomic E-state index is 0.0603. The first-order valence-electron chi connectivity index (χ1n) is 11.5. The van der Waals surface area contributed by atoms with Crippen molar-refractivity contribution >= 4 is 13.8 Å². The number of hydrogen-bond acceptors (Lipinski definition) is 7. The van der Waals surface area contributed by atoms with Crippen molar-refractivity contribution < 1.29 is 42.4 Å². The van der Waals surface area contributed by atoms with Crippen LogP contribution in [-0.2, 0) is 18.4 Å². The summed E-state index contributed by atoms with van der Waals surface area (Å²) < 4.78 is 33.8. The molecular weight excluding hydrogens is 449 g/mol. The number of aliphatic carboxylic acids is 1. The van der Waals surface area contributed by atoms with Gasteiger partial charge in [0.1, 0.15) is 24.1 Å². The summed E-state index contributed by atoms with van der Waals surface area (Å²) in [6.45, 7) is 3.41. The fraction of sp³-hybridized carbons (Fsp3) is 0.696. The lowest BCUT2D eigenvalue weighted by atomic mass is 10.2. The molecule has 0 aliphatic heterocycles. The molecule has 1 aromatic carbocycles. The first kappa shape index (κ1) is 29.4. The maximum atomic E-state index is 12.1. The van der Waals surface area contributed by atoms with E-state index in [-0.39, 0.29) is 13.2 Å². The standard InChI is InChI=1S/C23H40NO8P/c1-5-6-7-8-14-29-20-12-11-13-21(17-20)30-15-9-10-16-31-33(27,28)32-22(18-23(25)26)19-24(2,3)4/h11-13,17,22H,5-10,14-16,18-19H2,1-4H3,(H-,25,26,27,28)/t22-/m1/s1. The van der Waals surface area contributed by atoms with Crippen molar-refractivity contribution in [3.63, 3.8) is 0 Å². The zero-order valence-corrected chi connectivity index (χ0v) is 21.3. The molecule has 33 heavy (non-hydrogen) atoms. The van der Waals surface area contributed by atoms with Crippen LogP contribution < -0.4 is 14.4 Å². The Morgan fingerprint density at radius 1 is 1.03 bits per heavy atom. The summed E-state index contributed by atoms with van der Waals surface area (Å²) in [5.74, 6) is 0.328. The summed E-state index contributed by atoms with van der Waals surface area (Å²) in [5.41, 5.74) is 0. The number of carbonyl (C=O) groups is 1. The van der Waals surface area contributed by atoms with E-state index in [1.807, 2.05) is 45.4 Å². The average molecular weight is 490 g/mol. The van der Waals surface area contributed by atoms with Gasteiger partial charge in [-0.3, -0.25) is 9.36 Å². The smallest absolute Gasteiger partial charge is 0.306 e. The number of hydrogen-bond donors (Lipinski definition) is 1. The molecule has 1 N–H and O–H groups in total. The first-order chi connectivity index (χ1) is 15.5. The van der Waals surface area contributed by atoms with Crippen LogP contribution in [0.3, 0.4) is 0 Å². The van der Waals surface area contributed by atoms with Gasteiger partial charge in [0.25, 0.3) is 7.82 Å². The van der Waals surface area contributed by atoms with Gasteiger partial charge in [0.05, 0.1) is 47.4 Å². The van der Waals surface area contributed by atoms with Gasteiger partial charge in [-0.05, 0) is 31.4 Å². The molecule has 0 aliphatic carbocycles. The highest BCUT2D eigenvalue weighted by molar-refractivity contribution is 7.45. The molecule has 0 heterocycles. The zero-order chi connectivity index (χ0) is 24.7. The van der Waals surface area contributed by atoms with Crippen molar-refractivity contribution in [2.75, 3.05) is 47.5 Å². The monoisotopic (exact) mass is 489 g/mol. The highest BCUT2D eigenvalue weighted by atomic mass is 31.2. The Hall–Kier alpha value is -1.64. The molecule has 190 valence electrons. The molecule has 9 nitrogen and oxygen atoms in total. The number of rotatable bonds is 19. The number of unbranched alkanes of at least 4 members (excludes halogenated alkanes) is 4. The van der Waals surface area contributed by atoms with Gasteiger partial charge in [-0.1, -0.05) is 32.3 Å². The van der Waals surface area contributed by atoms with Gasteiger partial charge in [-0.15, -0.1) is 0 Å². The van der Waals surface area contributed by atoms with E-state index >= 15 is 0 Å². The number of phosphoric ester groups is 1. The van der Waals surface area contributed by atoms with Crippen molar-refractivity contribution in [3.05, 3.63) is 24.3 Å². The van der Waals surface area contributed by atoms with E-state index in [4.69, 9.17) is 23.6 Å². The molecular formula is C23H40NO8P. The van der Waals surface area contributed by atoms with Crippen LogP contribution in [0.15, 0.2) is 24.3 Å². The Labute approximate surface area is 197 Å². The molecule has 0 aliphatic rings. The number of nitrogens with zero attached hydrogens (tertiary/aromatic N) is 1. The third kappa shape index (κ3) is 15.8. The fourth-order valence-electron chi connectivity index (χ4n) is 3.10. The van der Waals surface area contributed by atoms with Crippen LogP contribution in [0.1, 0.15) is 51.9 Å². The zero-order valence-electron chi connectivity index (χ0n) is 20.4. The Kier molecular flexibility index (Phi) is 13.6. The van der Waals surface area contributed by atoms with Crippen LogP contribution in [0.5, 0.6) is 11.5 Å². The van der Waals surface area contributed by atoms with E-state index in [0.717, 1.165) is 18.6 Å². The molecule has 0 saturated carbocycles. The normalized spacial score (nSPS) is 14.5. The van der Waals surface area contributed by atoms with Crippen LogP contribution in [0.2, 0.25) is 0 Å². The van der Waals surface area contributed by atoms with E-state index in [1.54, 1.807) is 0 Å². The minimum atomic E-state index is -4.60. The number of likely N-dealkylation sites (N-methyl/N-ethyl adjacent to an activating group) is 1. The second-order valence-corrected chi connectivity index (χ2v) is 10.4. The van der Waals surface area contributed by atoms with Gasteiger partial charge in [-0.2, -0.15) is 0 Å². The lowest BCUT2D eigenvalue weighted by Gasteiger charge is -2.32. The maximum Gasteiger partial charge on any atom is 0.306 e. The summed E-state index contributed by atoms with van der Waals surface area (Å²) in [7, 11) is 0.868. The number of carboxylic acids is 1.